The highest BCUT2D eigenvalue weighted by atomic mass is 19.4. The van der Waals surface area contributed by atoms with Gasteiger partial charge in [0.2, 0.25) is 0 Å². The topological polar surface area (TPSA) is 56.8 Å². The maximum absolute atomic E-state index is 13.2. The zero-order valence-corrected chi connectivity index (χ0v) is 17.5. The molecule has 0 bridgehead atoms. The van der Waals surface area contributed by atoms with Gasteiger partial charge in [-0.15, -0.1) is 0 Å². The fraction of sp³-hybridized carbons (Fsp3) is 0.208. The summed E-state index contributed by atoms with van der Waals surface area (Å²) >= 11 is 0. The summed E-state index contributed by atoms with van der Waals surface area (Å²) < 4.78 is 56.2. The van der Waals surface area contributed by atoms with Crippen LogP contribution in [0, 0.1) is 0 Å². The van der Waals surface area contributed by atoms with E-state index in [1.165, 1.54) is 24.3 Å². The van der Waals surface area contributed by atoms with Crippen LogP contribution in [0.1, 0.15) is 28.4 Å². The van der Waals surface area contributed by atoms with Crippen molar-refractivity contribution in [2.75, 3.05) is 19.0 Å². The van der Waals surface area contributed by atoms with Crippen LogP contribution in [0.5, 0.6) is 17.2 Å². The maximum atomic E-state index is 13.2. The molecule has 0 radical (unpaired) electrons. The number of hydrogen-bond acceptors (Lipinski definition) is 4. The SMILES string of the molecule is CCOc1ccc(C(=O)Nc2ccccc2C(F)(F)F)cc1COc1ccc(OC)cc1. The van der Waals surface area contributed by atoms with Crippen molar-refractivity contribution in [3.05, 3.63) is 83.4 Å². The lowest BCUT2D eigenvalue weighted by atomic mass is 10.1. The van der Waals surface area contributed by atoms with Gasteiger partial charge < -0.3 is 19.5 Å². The van der Waals surface area contributed by atoms with Gasteiger partial charge in [0, 0.05) is 11.1 Å². The molecule has 0 aromatic heterocycles. The lowest BCUT2D eigenvalue weighted by Gasteiger charge is -2.15. The lowest BCUT2D eigenvalue weighted by molar-refractivity contribution is -0.136. The molecule has 32 heavy (non-hydrogen) atoms. The van der Waals surface area contributed by atoms with Crippen LogP contribution in [0.3, 0.4) is 0 Å². The number of carbonyl (C=O) groups is 1. The van der Waals surface area contributed by atoms with E-state index < -0.39 is 17.6 Å². The summed E-state index contributed by atoms with van der Waals surface area (Å²) in [5, 5.41) is 2.34. The molecule has 0 atom stereocenters. The molecule has 1 N–H and O–H groups in total. The molecule has 0 aliphatic heterocycles. The number of carbonyl (C=O) groups excluding carboxylic acids is 1. The number of amides is 1. The first kappa shape index (κ1) is 23.0. The van der Waals surface area contributed by atoms with Crippen LogP contribution >= 0.6 is 0 Å². The average molecular weight is 445 g/mol. The zero-order chi connectivity index (χ0) is 23.1. The molecule has 3 aromatic carbocycles. The molecular weight excluding hydrogens is 423 g/mol. The first-order valence-corrected chi connectivity index (χ1v) is 9.82. The summed E-state index contributed by atoms with van der Waals surface area (Å²) in [6, 6.07) is 16.4. The summed E-state index contributed by atoms with van der Waals surface area (Å²) in [6.07, 6.45) is -4.58. The quantitative estimate of drug-likeness (QED) is 0.466. The Labute approximate surface area is 183 Å². The fourth-order valence-electron chi connectivity index (χ4n) is 3.00. The molecule has 0 unspecified atom stereocenters. The van der Waals surface area contributed by atoms with E-state index in [1.807, 2.05) is 6.92 Å². The van der Waals surface area contributed by atoms with E-state index >= 15 is 0 Å². The third kappa shape index (κ3) is 5.72. The van der Waals surface area contributed by atoms with Crippen LogP contribution in [0.4, 0.5) is 18.9 Å². The summed E-state index contributed by atoms with van der Waals surface area (Å²) in [5.41, 5.74) is -0.463. The van der Waals surface area contributed by atoms with Crippen molar-refractivity contribution in [1.82, 2.24) is 0 Å². The maximum Gasteiger partial charge on any atom is 0.418 e. The van der Waals surface area contributed by atoms with Gasteiger partial charge in [-0.3, -0.25) is 4.79 Å². The van der Waals surface area contributed by atoms with Gasteiger partial charge in [0.25, 0.3) is 5.91 Å². The van der Waals surface area contributed by atoms with Crippen molar-refractivity contribution in [2.24, 2.45) is 0 Å². The molecule has 0 fully saturated rings. The van der Waals surface area contributed by atoms with Crippen LogP contribution in [0.15, 0.2) is 66.7 Å². The van der Waals surface area contributed by atoms with Gasteiger partial charge in [0.15, 0.2) is 0 Å². The Morgan fingerprint density at radius 1 is 0.938 bits per heavy atom. The first-order chi connectivity index (χ1) is 15.3. The van der Waals surface area contributed by atoms with Crippen LogP contribution in [0.25, 0.3) is 0 Å². The predicted molar refractivity (Wildman–Crippen MR) is 114 cm³/mol. The molecule has 3 rings (SSSR count). The molecule has 0 heterocycles. The van der Waals surface area contributed by atoms with E-state index in [-0.39, 0.29) is 17.9 Å². The highest BCUT2D eigenvalue weighted by molar-refractivity contribution is 6.05. The lowest BCUT2D eigenvalue weighted by Crippen LogP contribution is -2.17. The van der Waals surface area contributed by atoms with E-state index in [2.05, 4.69) is 5.32 Å². The molecule has 5 nitrogen and oxygen atoms in total. The molecule has 3 aromatic rings. The fourth-order valence-corrected chi connectivity index (χ4v) is 3.00. The Kier molecular flexibility index (Phi) is 7.25. The van der Waals surface area contributed by atoms with Gasteiger partial charge in [0.1, 0.15) is 23.9 Å². The molecular formula is C24H22F3NO4. The highest BCUT2D eigenvalue weighted by Gasteiger charge is 2.33. The van der Waals surface area contributed by atoms with Gasteiger partial charge in [-0.05, 0) is 61.5 Å². The average Bonchev–Trinajstić information content (AvgIpc) is 2.78. The molecule has 0 saturated heterocycles. The third-order valence-electron chi connectivity index (χ3n) is 4.56. The van der Waals surface area contributed by atoms with Crippen molar-refractivity contribution in [3.8, 4) is 17.2 Å². The molecule has 1 amide bonds. The van der Waals surface area contributed by atoms with E-state index in [1.54, 1.807) is 43.5 Å². The van der Waals surface area contributed by atoms with Crippen molar-refractivity contribution in [2.45, 2.75) is 19.7 Å². The van der Waals surface area contributed by atoms with Gasteiger partial charge >= 0.3 is 6.18 Å². The molecule has 0 saturated carbocycles. The second kappa shape index (κ2) is 10.1. The van der Waals surface area contributed by atoms with Crippen molar-refractivity contribution >= 4 is 11.6 Å². The van der Waals surface area contributed by atoms with E-state index in [9.17, 15) is 18.0 Å². The molecule has 0 spiro atoms. The normalized spacial score (nSPS) is 11.0. The number of ether oxygens (including phenoxy) is 3. The minimum absolute atomic E-state index is 0.0991. The second-order valence-electron chi connectivity index (χ2n) is 6.72. The number of halogens is 3. The molecule has 8 heteroatoms. The Hall–Kier alpha value is -3.68. The monoisotopic (exact) mass is 445 g/mol. The number of nitrogens with one attached hydrogen (secondary N) is 1. The Bertz CT molecular complexity index is 1070. The van der Waals surface area contributed by atoms with Crippen LogP contribution in [-0.4, -0.2) is 19.6 Å². The third-order valence-corrected chi connectivity index (χ3v) is 4.56. The van der Waals surface area contributed by atoms with Crippen molar-refractivity contribution in [3.63, 3.8) is 0 Å². The van der Waals surface area contributed by atoms with Gasteiger partial charge in [-0.2, -0.15) is 13.2 Å². The highest BCUT2D eigenvalue weighted by Crippen LogP contribution is 2.35. The number of methoxy groups -OCH3 is 1. The molecule has 168 valence electrons. The number of alkyl halides is 3. The minimum atomic E-state index is -4.58. The summed E-state index contributed by atoms with van der Waals surface area (Å²) in [5.74, 6) is 1.12. The van der Waals surface area contributed by atoms with Crippen LogP contribution in [-0.2, 0) is 12.8 Å². The predicted octanol–water partition coefficient (Wildman–Crippen LogP) is 5.94. The summed E-state index contributed by atoms with van der Waals surface area (Å²) in [6.45, 7) is 2.32. The number of hydrogen-bond donors (Lipinski definition) is 1. The van der Waals surface area contributed by atoms with E-state index in [4.69, 9.17) is 14.2 Å². The van der Waals surface area contributed by atoms with Crippen molar-refractivity contribution in [1.29, 1.82) is 0 Å². The second-order valence-corrected chi connectivity index (χ2v) is 6.72. The standard InChI is InChI=1S/C24H22F3NO4/c1-3-31-22-13-8-16(14-17(22)15-32-19-11-9-18(30-2)10-12-19)23(29)28-21-7-5-4-6-20(21)24(25,26)27/h4-14H,3,15H2,1-2H3,(H,28,29). The Balaban J connectivity index is 1.81. The zero-order valence-electron chi connectivity index (χ0n) is 17.5. The van der Waals surface area contributed by atoms with Gasteiger partial charge in [0.05, 0.1) is 25.0 Å². The number of benzene rings is 3. The van der Waals surface area contributed by atoms with Crippen LogP contribution in [0.2, 0.25) is 0 Å². The molecule has 0 aliphatic rings. The summed E-state index contributed by atoms with van der Waals surface area (Å²) in [4.78, 5) is 12.7. The minimum Gasteiger partial charge on any atom is -0.497 e. The summed E-state index contributed by atoms with van der Waals surface area (Å²) in [7, 11) is 1.56. The smallest absolute Gasteiger partial charge is 0.418 e. The van der Waals surface area contributed by atoms with Gasteiger partial charge in [-0.25, -0.2) is 0 Å². The van der Waals surface area contributed by atoms with Crippen molar-refractivity contribution < 1.29 is 32.2 Å². The number of anilines is 1. The Morgan fingerprint density at radius 2 is 1.62 bits per heavy atom. The number of rotatable bonds is 8. The van der Waals surface area contributed by atoms with E-state index in [0.29, 0.717) is 29.4 Å². The van der Waals surface area contributed by atoms with Crippen LogP contribution < -0.4 is 19.5 Å². The van der Waals surface area contributed by atoms with E-state index in [0.717, 1.165) is 6.07 Å². The number of para-hydroxylation sites is 1. The largest absolute Gasteiger partial charge is 0.497 e. The first-order valence-electron chi connectivity index (χ1n) is 9.82. The Morgan fingerprint density at radius 3 is 2.28 bits per heavy atom. The molecule has 0 aliphatic carbocycles. The van der Waals surface area contributed by atoms with Gasteiger partial charge in [-0.1, -0.05) is 12.1 Å².